The normalized spacial score (nSPS) is 26.2. The summed E-state index contributed by atoms with van der Waals surface area (Å²) in [4.78, 5) is 0. The lowest BCUT2D eigenvalue weighted by atomic mass is 9.87. The van der Waals surface area contributed by atoms with Crippen molar-refractivity contribution in [1.29, 1.82) is 5.26 Å². The third kappa shape index (κ3) is 3.40. The summed E-state index contributed by atoms with van der Waals surface area (Å²) in [5.74, 6) is 0.659. The van der Waals surface area contributed by atoms with Crippen LogP contribution < -0.4 is 0 Å². The van der Waals surface area contributed by atoms with Crippen LogP contribution in [0.2, 0.25) is 0 Å². The van der Waals surface area contributed by atoms with Crippen molar-refractivity contribution in [2.75, 3.05) is 13.2 Å². The van der Waals surface area contributed by atoms with Crippen molar-refractivity contribution in [3.63, 3.8) is 0 Å². The summed E-state index contributed by atoms with van der Waals surface area (Å²) in [5, 5.41) is 10.2. The zero-order valence-corrected chi connectivity index (χ0v) is 10.7. The van der Waals surface area contributed by atoms with Gasteiger partial charge < -0.3 is 4.74 Å². The topological polar surface area (TPSA) is 33.0 Å². The first-order valence-electron chi connectivity index (χ1n) is 6.53. The van der Waals surface area contributed by atoms with Crippen LogP contribution in [0.25, 0.3) is 0 Å². The van der Waals surface area contributed by atoms with Crippen LogP contribution in [-0.2, 0) is 4.74 Å². The third-order valence-corrected chi connectivity index (χ3v) is 5.35. The molecular weight excluding hydrogens is 218 g/mol. The molecule has 0 N–H and O–H groups in total. The van der Waals surface area contributed by atoms with Gasteiger partial charge in [0.05, 0.1) is 11.3 Å². The molecule has 1 atom stereocenters. The van der Waals surface area contributed by atoms with Crippen molar-refractivity contribution < 1.29 is 4.74 Å². The molecule has 1 aliphatic carbocycles. The molecule has 1 saturated heterocycles. The predicted molar refractivity (Wildman–Crippen MR) is 67.4 cm³/mol. The first-order valence-corrected chi connectivity index (χ1v) is 7.47. The van der Waals surface area contributed by atoms with E-state index in [1.807, 2.05) is 11.8 Å². The standard InChI is InChI=1S/C13H21NOS/c14-10-13(11-4-2-1-3-5-11)16-12-6-8-15-9-7-12/h11-13H,1-9H2/t13-/m1/s1. The van der Waals surface area contributed by atoms with Gasteiger partial charge in [-0.3, -0.25) is 0 Å². The number of thioether (sulfide) groups is 1. The van der Waals surface area contributed by atoms with E-state index in [4.69, 9.17) is 4.74 Å². The first-order chi connectivity index (χ1) is 7.90. The zero-order valence-electron chi connectivity index (χ0n) is 9.86. The number of rotatable bonds is 3. The monoisotopic (exact) mass is 239 g/mol. The number of ether oxygens (including phenoxy) is 1. The molecule has 16 heavy (non-hydrogen) atoms. The minimum atomic E-state index is 0.239. The van der Waals surface area contributed by atoms with Crippen molar-refractivity contribution >= 4 is 11.8 Å². The lowest BCUT2D eigenvalue weighted by molar-refractivity contribution is 0.0999. The molecule has 0 spiro atoms. The average Bonchev–Trinajstić information content (AvgIpc) is 2.38. The third-order valence-electron chi connectivity index (χ3n) is 3.71. The van der Waals surface area contributed by atoms with Crippen molar-refractivity contribution in [3.05, 3.63) is 0 Å². The lowest BCUT2D eigenvalue weighted by Gasteiger charge is -2.29. The van der Waals surface area contributed by atoms with E-state index < -0.39 is 0 Å². The Hall–Kier alpha value is -0.200. The van der Waals surface area contributed by atoms with Crippen LogP contribution in [0.3, 0.4) is 0 Å². The van der Waals surface area contributed by atoms with Gasteiger partial charge in [0.1, 0.15) is 0 Å². The Kier molecular flexibility index (Phi) is 4.99. The van der Waals surface area contributed by atoms with E-state index in [2.05, 4.69) is 6.07 Å². The second-order valence-corrected chi connectivity index (χ2v) is 6.34. The summed E-state index contributed by atoms with van der Waals surface area (Å²) in [6, 6.07) is 2.54. The maximum absolute atomic E-state index is 9.31. The summed E-state index contributed by atoms with van der Waals surface area (Å²) < 4.78 is 5.36. The average molecular weight is 239 g/mol. The Morgan fingerprint density at radius 1 is 1.06 bits per heavy atom. The highest BCUT2D eigenvalue weighted by molar-refractivity contribution is 8.00. The summed E-state index contributed by atoms with van der Waals surface area (Å²) in [5.41, 5.74) is 0. The highest BCUT2D eigenvalue weighted by Crippen LogP contribution is 2.36. The quantitative estimate of drug-likeness (QED) is 0.757. The highest BCUT2D eigenvalue weighted by atomic mass is 32.2. The van der Waals surface area contributed by atoms with Gasteiger partial charge in [-0.15, -0.1) is 11.8 Å². The van der Waals surface area contributed by atoms with Gasteiger partial charge in [-0.25, -0.2) is 0 Å². The molecule has 0 unspecified atom stereocenters. The molecule has 0 aromatic carbocycles. The molecule has 3 heteroatoms. The molecule has 2 nitrogen and oxygen atoms in total. The second-order valence-electron chi connectivity index (χ2n) is 4.90. The molecule has 1 aliphatic heterocycles. The maximum Gasteiger partial charge on any atom is 0.0947 e. The van der Waals surface area contributed by atoms with E-state index >= 15 is 0 Å². The van der Waals surface area contributed by atoms with Crippen LogP contribution >= 0.6 is 11.8 Å². The molecule has 2 fully saturated rings. The zero-order chi connectivity index (χ0) is 11.2. The van der Waals surface area contributed by atoms with Crippen LogP contribution in [0.15, 0.2) is 0 Å². The van der Waals surface area contributed by atoms with Crippen molar-refractivity contribution in [2.45, 2.75) is 55.4 Å². The SMILES string of the molecule is N#C[C@@H](SC1CCOCC1)C1CCCCC1. The second kappa shape index (κ2) is 6.51. The van der Waals surface area contributed by atoms with Crippen molar-refractivity contribution in [2.24, 2.45) is 5.92 Å². The smallest absolute Gasteiger partial charge is 0.0947 e. The number of nitriles is 1. The number of hydrogen-bond donors (Lipinski definition) is 0. The molecule has 0 radical (unpaired) electrons. The predicted octanol–water partition coefficient (Wildman–Crippen LogP) is 3.37. The van der Waals surface area contributed by atoms with E-state index in [1.54, 1.807) is 0 Å². The van der Waals surface area contributed by atoms with Gasteiger partial charge in [-0.2, -0.15) is 5.26 Å². The largest absolute Gasteiger partial charge is 0.381 e. The first kappa shape index (κ1) is 12.3. The van der Waals surface area contributed by atoms with E-state index in [-0.39, 0.29) is 5.25 Å². The Balaban J connectivity index is 1.81. The van der Waals surface area contributed by atoms with Crippen molar-refractivity contribution in [1.82, 2.24) is 0 Å². The molecule has 2 rings (SSSR count). The lowest BCUT2D eigenvalue weighted by Crippen LogP contribution is -2.25. The van der Waals surface area contributed by atoms with Crippen LogP contribution in [0.5, 0.6) is 0 Å². The Morgan fingerprint density at radius 2 is 1.75 bits per heavy atom. The van der Waals surface area contributed by atoms with Gasteiger partial charge in [0.25, 0.3) is 0 Å². The summed E-state index contributed by atoms with van der Waals surface area (Å²) >= 11 is 1.93. The van der Waals surface area contributed by atoms with Gasteiger partial charge in [0.15, 0.2) is 0 Å². The molecular formula is C13H21NOS. The van der Waals surface area contributed by atoms with Crippen molar-refractivity contribution in [3.8, 4) is 6.07 Å². The van der Waals surface area contributed by atoms with Gasteiger partial charge in [0, 0.05) is 18.5 Å². The molecule has 0 bridgehead atoms. The van der Waals surface area contributed by atoms with Crippen LogP contribution in [0, 0.1) is 17.2 Å². The fourth-order valence-corrected chi connectivity index (χ4v) is 4.14. The van der Waals surface area contributed by atoms with E-state index in [9.17, 15) is 5.26 Å². The minimum Gasteiger partial charge on any atom is -0.381 e. The van der Waals surface area contributed by atoms with Gasteiger partial charge in [-0.05, 0) is 31.6 Å². The molecule has 1 saturated carbocycles. The Labute approximate surface area is 103 Å². The minimum absolute atomic E-state index is 0.239. The van der Waals surface area contributed by atoms with E-state index in [0.717, 1.165) is 26.1 Å². The molecule has 0 aromatic heterocycles. The Morgan fingerprint density at radius 3 is 2.38 bits per heavy atom. The van der Waals surface area contributed by atoms with Crippen LogP contribution in [0.1, 0.15) is 44.9 Å². The van der Waals surface area contributed by atoms with E-state index in [0.29, 0.717) is 11.2 Å². The van der Waals surface area contributed by atoms with Gasteiger partial charge in [-0.1, -0.05) is 19.3 Å². The summed E-state index contributed by atoms with van der Waals surface area (Å²) in [7, 11) is 0. The summed E-state index contributed by atoms with van der Waals surface area (Å²) in [6.45, 7) is 1.78. The van der Waals surface area contributed by atoms with Crippen LogP contribution in [-0.4, -0.2) is 23.7 Å². The fraction of sp³-hybridized carbons (Fsp3) is 0.923. The summed E-state index contributed by atoms with van der Waals surface area (Å²) in [6.07, 6.45) is 8.85. The van der Waals surface area contributed by atoms with Gasteiger partial charge in [0.2, 0.25) is 0 Å². The fourth-order valence-electron chi connectivity index (χ4n) is 2.70. The molecule has 1 heterocycles. The molecule has 0 amide bonds. The van der Waals surface area contributed by atoms with E-state index in [1.165, 1.54) is 32.1 Å². The maximum atomic E-state index is 9.31. The molecule has 0 aromatic rings. The molecule has 2 aliphatic rings. The van der Waals surface area contributed by atoms with Crippen LogP contribution in [0.4, 0.5) is 0 Å². The Bertz CT molecular complexity index is 239. The number of nitrogens with zero attached hydrogens (tertiary/aromatic N) is 1. The highest BCUT2D eigenvalue weighted by Gasteiger charge is 2.27. The molecule has 90 valence electrons. The van der Waals surface area contributed by atoms with Gasteiger partial charge >= 0.3 is 0 Å². The number of hydrogen-bond acceptors (Lipinski definition) is 3.